The minimum absolute atomic E-state index is 0.0353. The summed E-state index contributed by atoms with van der Waals surface area (Å²) >= 11 is 0. The number of methoxy groups -OCH3 is 1. The zero-order valence-corrected chi connectivity index (χ0v) is 8.23. The molecule has 76 valence electrons. The van der Waals surface area contributed by atoms with E-state index in [2.05, 4.69) is 4.74 Å². The van der Waals surface area contributed by atoms with Gasteiger partial charge in [-0.15, -0.1) is 0 Å². The number of esters is 1. The maximum absolute atomic E-state index is 11.1. The zero-order valence-electron chi connectivity index (χ0n) is 8.23. The highest BCUT2D eigenvalue weighted by atomic mass is 16.7. The van der Waals surface area contributed by atoms with E-state index in [9.17, 15) is 4.79 Å². The van der Waals surface area contributed by atoms with Gasteiger partial charge in [0.05, 0.1) is 0 Å². The average molecular weight is 194 g/mol. The van der Waals surface area contributed by atoms with Gasteiger partial charge in [0.25, 0.3) is 0 Å². The van der Waals surface area contributed by atoms with Crippen molar-refractivity contribution in [2.24, 2.45) is 0 Å². The molecule has 14 heavy (non-hydrogen) atoms. The summed E-state index contributed by atoms with van der Waals surface area (Å²) < 4.78 is 9.37. The fourth-order valence-corrected chi connectivity index (χ4v) is 1.09. The summed E-state index contributed by atoms with van der Waals surface area (Å²) in [6.45, 7) is 0.0353. The van der Waals surface area contributed by atoms with Crippen LogP contribution in [0.25, 0.3) is 0 Å². The standard InChI is InChI=1S/C11H14O3/c1-13-9-14-11(12)8-7-10-5-3-2-4-6-10/h2-6H,7-9H2,1H3. The van der Waals surface area contributed by atoms with Crippen molar-refractivity contribution in [1.82, 2.24) is 0 Å². The Labute approximate surface area is 83.6 Å². The lowest BCUT2D eigenvalue weighted by Gasteiger charge is -2.02. The molecule has 0 spiro atoms. The third-order valence-electron chi connectivity index (χ3n) is 1.80. The minimum Gasteiger partial charge on any atom is -0.438 e. The van der Waals surface area contributed by atoms with Crippen LogP contribution in [0.1, 0.15) is 12.0 Å². The first-order chi connectivity index (χ1) is 6.83. The molecule has 1 aromatic carbocycles. The second-order valence-corrected chi connectivity index (χ2v) is 2.91. The van der Waals surface area contributed by atoms with Gasteiger partial charge in [-0.25, -0.2) is 0 Å². The van der Waals surface area contributed by atoms with E-state index in [0.717, 1.165) is 5.56 Å². The van der Waals surface area contributed by atoms with Crippen LogP contribution in [0.4, 0.5) is 0 Å². The van der Waals surface area contributed by atoms with E-state index in [-0.39, 0.29) is 12.8 Å². The topological polar surface area (TPSA) is 35.5 Å². The highest BCUT2D eigenvalue weighted by Gasteiger charge is 2.02. The fraction of sp³-hybridized carbons (Fsp3) is 0.364. The summed E-state index contributed by atoms with van der Waals surface area (Å²) in [5, 5.41) is 0. The Bertz CT molecular complexity index is 269. The predicted octanol–water partition coefficient (Wildman–Crippen LogP) is 1.77. The quantitative estimate of drug-likeness (QED) is 0.529. The minimum atomic E-state index is -0.226. The smallest absolute Gasteiger partial charge is 0.308 e. The van der Waals surface area contributed by atoms with Crippen molar-refractivity contribution in [2.75, 3.05) is 13.9 Å². The highest BCUT2D eigenvalue weighted by molar-refractivity contribution is 5.69. The maximum atomic E-state index is 11.1. The number of carbonyl (C=O) groups is 1. The van der Waals surface area contributed by atoms with Crippen molar-refractivity contribution in [3.8, 4) is 0 Å². The van der Waals surface area contributed by atoms with Gasteiger partial charge in [-0.1, -0.05) is 30.3 Å². The van der Waals surface area contributed by atoms with Crippen LogP contribution in [-0.4, -0.2) is 19.9 Å². The Morgan fingerprint density at radius 1 is 1.29 bits per heavy atom. The van der Waals surface area contributed by atoms with Gasteiger partial charge in [-0.2, -0.15) is 0 Å². The molecule has 0 unspecified atom stereocenters. The first-order valence-electron chi connectivity index (χ1n) is 4.51. The van der Waals surface area contributed by atoms with E-state index in [1.807, 2.05) is 30.3 Å². The predicted molar refractivity (Wildman–Crippen MR) is 52.7 cm³/mol. The number of ether oxygens (including phenoxy) is 2. The van der Waals surface area contributed by atoms with Gasteiger partial charge in [0.1, 0.15) is 0 Å². The molecule has 1 aromatic rings. The van der Waals surface area contributed by atoms with Crippen LogP contribution in [0.15, 0.2) is 30.3 Å². The number of benzene rings is 1. The Balaban J connectivity index is 2.24. The molecule has 1 rings (SSSR count). The van der Waals surface area contributed by atoms with Crippen molar-refractivity contribution in [3.05, 3.63) is 35.9 Å². The molecule has 0 atom stereocenters. The van der Waals surface area contributed by atoms with Gasteiger partial charge in [0.2, 0.25) is 0 Å². The molecule has 3 heteroatoms. The molecular weight excluding hydrogens is 180 g/mol. The Hall–Kier alpha value is -1.35. The lowest BCUT2D eigenvalue weighted by Crippen LogP contribution is -2.07. The lowest BCUT2D eigenvalue weighted by molar-refractivity contribution is -0.153. The highest BCUT2D eigenvalue weighted by Crippen LogP contribution is 2.02. The Morgan fingerprint density at radius 2 is 2.00 bits per heavy atom. The van der Waals surface area contributed by atoms with E-state index in [1.165, 1.54) is 7.11 Å². The van der Waals surface area contributed by atoms with E-state index in [0.29, 0.717) is 12.8 Å². The third kappa shape index (κ3) is 4.05. The first-order valence-corrected chi connectivity index (χ1v) is 4.51. The number of carbonyl (C=O) groups excluding carboxylic acids is 1. The lowest BCUT2D eigenvalue weighted by atomic mass is 10.1. The molecule has 0 radical (unpaired) electrons. The molecule has 0 saturated heterocycles. The van der Waals surface area contributed by atoms with Crippen molar-refractivity contribution in [1.29, 1.82) is 0 Å². The molecule has 0 fully saturated rings. The maximum Gasteiger partial charge on any atom is 0.308 e. The molecule has 0 aliphatic rings. The summed E-state index contributed by atoms with van der Waals surface area (Å²) in [6, 6.07) is 9.84. The Morgan fingerprint density at radius 3 is 2.64 bits per heavy atom. The van der Waals surface area contributed by atoms with Crippen LogP contribution in [0.3, 0.4) is 0 Å². The van der Waals surface area contributed by atoms with Gasteiger partial charge < -0.3 is 9.47 Å². The van der Waals surface area contributed by atoms with E-state index in [1.54, 1.807) is 0 Å². The molecular formula is C11H14O3. The largest absolute Gasteiger partial charge is 0.438 e. The number of rotatable bonds is 5. The molecule has 0 aliphatic heterocycles. The first kappa shape index (κ1) is 10.7. The Kier molecular flexibility index (Phi) is 4.72. The SMILES string of the molecule is COCOC(=O)CCc1ccccc1. The number of hydrogen-bond acceptors (Lipinski definition) is 3. The summed E-state index contributed by atoms with van der Waals surface area (Å²) in [7, 11) is 1.49. The van der Waals surface area contributed by atoms with E-state index >= 15 is 0 Å². The van der Waals surface area contributed by atoms with Crippen molar-refractivity contribution >= 4 is 5.97 Å². The van der Waals surface area contributed by atoms with Crippen LogP contribution in [0.5, 0.6) is 0 Å². The summed E-state index contributed by atoms with van der Waals surface area (Å²) in [4.78, 5) is 11.1. The van der Waals surface area contributed by atoms with Crippen LogP contribution in [0, 0.1) is 0 Å². The van der Waals surface area contributed by atoms with Crippen LogP contribution in [-0.2, 0) is 20.7 Å². The van der Waals surface area contributed by atoms with E-state index in [4.69, 9.17) is 4.74 Å². The molecule has 0 saturated carbocycles. The molecule has 0 bridgehead atoms. The average Bonchev–Trinajstić information content (AvgIpc) is 2.25. The number of hydrogen-bond donors (Lipinski definition) is 0. The van der Waals surface area contributed by atoms with Gasteiger partial charge in [-0.05, 0) is 12.0 Å². The molecule has 0 N–H and O–H groups in total. The van der Waals surface area contributed by atoms with Gasteiger partial charge in [0, 0.05) is 13.5 Å². The number of aryl methyl sites for hydroxylation is 1. The summed E-state index contributed by atoms with van der Waals surface area (Å²) in [6.07, 6.45) is 1.11. The van der Waals surface area contributed by atoms with Crippen molar-refractivity contribution in [2.45, 2.75) is 12.8 Å². The van der Waals surface area contributed by atoms with Gasteiger partial charge >= 0.3 is 5.97 Å². The van der Waals surface area contributed by atoms with Crippen molar-refractivity contribution in [3.63, 3.8) is 0 Å². The van der Waals surface area contributed by atoms with E-state index < -0.39 is 0 Å². The molecule has 0 aromatic heterocycles. The van der Waals surface area contributed by atoms with Crippen LogP contribution >= 0.6 is 0 Å². The second kappa shape index (κ2) is 6.16. The molecule has 0 aliphatic carbocycles. The third-order valence-corrected chi connectivity index (χ3v) is 1.80. The summed E-state index contributed by atoms with van der Waals surface area (Å²) in [5.74, 6) is -0.226. The molecule has 0 heterocycles. The van der Waals surface area contributed by atoms with Crippen LogP contribution < -0.4 is 0 Å². The van der Waals surface area contributed by atoms with Crippen LogP contribution in [0.2, 0.25) is 0 Å². The second-order valence-electron chi connectivity index (χ2n) is 2.91. The van der Waals surface area contributed by atoms with Crippen molar-refractivity contribution < 1.29 is 14.3 Å². The normalized spacial score (nSPS) is 9.79. The molecule has 3 nitrogen and oxygen atoms in total. The molecule has 0 amide bonds. The fourth-order valence-electron chi connectivity index (χ4n) is 1.09. The van der Waals surface area contributed by atoms with Gasteiger partial charge in [0.15, 0.2) is 6.79 Å². The summed E-state index contributed by atoms with van der Waals surface area (Å²) in [5.41, 5.74) is 1.14. The van der Waals surface area contributed by atoms with Gasteiger partial charge in [-0.3, -0.25) is 4.79 Å². The monoisotopic (exact) mass is 194 g/mol. The zero-order chi connectivity index (χ0) is 10.2.